The van der Waals surface area contributed by atoms with Gasteiger partial charge in [0.2, 0.25) is 0 Å². The Kier molecular flexibility index (Phi) is 14.1. The summed E-state index contributed by atoms with van der Waals surface area (Å²) in [5.74, 6) is -0.299. The molecule has 1 aliphatic carbocycles. The van der Waals surface area contributed by atoms with E-state index in [1.807, 2.05) is 0 Å². The molecule has 4 fully saturated rings. The molecule has 7 nitrogen and oxygen atoms in total. The number of esters is 1. The zero-order valence-corrected chi connectivity index (χ0v) is 27.4. The average molecular weight is 695 g/mol. The first-order valence-corrected chi connectivity index (χ1v) is 17.4. The van der Waals surface area contributed by atoms with Gasteiger partial charge < -0.3 is 28.4 Å². The van der Waals surface area contributed by atoms with E-state index in [-0.39, 0.29) is 52.6 Å². The molecule has 3 saturated heterocycles. The van der Waals surface area contributed by atoms with Crippen LogP contribution in [0.15, 0.2) is 12.2 Å². The van der Waals surface area contributed by atoms with Gasteiger partial charge >= 0.3 is 5.97 Å². The number of methoxy groups -OCH3 is 1. The van der Waals surface area contributed by atoms with Gasteiger partial charge in [0.1, 0.15) is 12.3 Å². The predicted octanol–water partition coefficient (Wildman–Crippen LogP) is 7.08. The summed E-state index contributed by atoms with van der Waals surface area (Å²) >= 11 is 2.30. The van der Waals surface area contributed by atoms with Crippen molar-refractivity contribution in [1.82, 2.24) is 0 Å². The van der Waals surface area contributed by atoms with Crippen LogP contribution in [-0.2, 0) is 33.2 Å². The molecular formula is C32H52FIO7. The monoisotopic (exact) mass is 694 g/mol. The molecule has 11 atom stereocenters. The fraction of sp³-hybridized carbons (Fsp3) is 0.906. The van der Waals surface area contributed by atoms with Crippen LogP contribution in [0.4, 0.5) is 4.39 Å². The summed E-state index contributed by atoms with van der Waals surface area (Å²) in [6.45, 7) is 5.91. The van der Waals surface area contributed by atoms with Gasteiger partial charge in [0.25, 0.3) is 0 Å². The smallest absolute Gasteiger partial charge is 0.305 e. The van der Waals surface area contributed by atoms with Gasteiger partial charge in [-0.05, 0) is 63.7 Å². The maximum Gasteiger partial charge on any atom is 0.305 e. The molecule has 0 aromatic rings. The second kappa shape index (κ2) is 17.2. The maximum atomic E-state index is 16.3. The molecule has 1 saturated carbocycles. The number of carbonyl (C=O) groups is 1. The summed E-state index contributed by atoms with van der Waals surface area (Å²) in [5, 5.41) is 0. The molecule has 236 valence electrons. The molecule has 0 amide bonds. The quantitative estimate of drug-likeness (QED) is 0.0786. The summed E-state index contributed by atoms with van der Waals surface area (Å²) in [5.41, 5.74) is 0. The lowest BCUT2D eigenvalue weighted by Crippen LogP contribution is -2.37. The molecule has 0 bridgehead atoms. The van der Waals surface area contributed by atoms with E-state index in [0.717, 1.165) is 64.4 Å². The van der Waals surface area contributed by atoms with E-state index in [2.05, 4.69) is 48.6 Å². The first kappa shape index (κ1) is 33.6. The molecule has 3 aliphatic heterocycles. The fourth-order valence-electron chi connectivity index (χ4n) is 6.79. The van der Waals surface area contributed by atoms with E-state index >= 15 is 4.39 Å². The van der Waals surface area contributed by atoms with Crippen molar-refractivity contribution in [2.45, 2.75) is 144 Å². The summed E-state index contributed by atoms with van der Waals surface area (Å²) in [4.78, 5) is 11.6. The lowest BCUT2D eigenvalue weighted by molar-refractivity contribution is -0.195. The van der Waals surface area contributed by atoms with Crippen molar-refractivity contribution in [2.24, 2.45) is 17.8 Å². The number of carbonyl (C=O) groups excluding carboxylic acids is 1. The van der Waals surface area contributed by atoms with E-state index in [0.29, 0.717) is 38.2 Å². The molecule has 41 heavy (non-hydrogen) atoms. The first-order valence-electron chi connectivity index (χ1n) is 16.1. The van der Waals surface area contributed by atoms with Crippen LogP contribution in [0.3, 0.4) is 0 Å². The molecule has 0 radical (unpaired) electrons. The summed E-state index contributed by atoms with van der Waals surface area (Å²) < 4.78 is 52.3. The number of rotatable bonds is 15. The highest BCUT2D eigenvalue weighted by Gasteiger charge is 2.57. The van der Waals surface area contributed by atoms with Crippen molar-refractivity contribution in [3.63, 3.8) is 0 Å². The van der Waals surface area contributed by atoms with Crippen molar-refractivity contribution < 1.29 is 37.6 Å². The highest BCUT2D eigenvalue weighted by atomic mass is 127. The normalized spacial score (nSPS) is 36.2. The molecule has 4 aliphatic rings. The van der Waals surface area contributed by atoms with E-state index in [1.165, 1.54) is 7.11 Å². The maximum absolute atomic E-state index is 16.3. The van der Waals surface area contributed by atoms with Gasteiger partial charge in [-0.3, -0.25) is 4.79 Å². The Morgan fingerprint density at radius 1 is 1.07 bits per heavy atom. The highest BCUT2D eigenvalue weighted by Crippen LogP contribution is 2.49. The van der Waals surface area contributed by atoms with Crippen LogP contribution in [0.2, 0.25) is 0 Å². The molecule has 4 rings (SSSR count). The van der Waals surface area contributed by atoms with Crippen LogP contribution in [0.25, 0.3) is 0 Å². The van der Waals surface area contributed by atoms with Crippen molar-refractivity contribution in [1.29, 1.82) is 0 Å². The fourth-order valence-corrected chi connectivity index (χ4v) is 7.80. The number of fused-ring (bicyclic) bond motifs is 1. The van der Waals surface area contributed by atoms with E-state index in [4.69, 9.17) is 28.4 Å². The minimum absolute atomic E-state index is 0.0165. The first-order chi connectivity index (χ1) is 19.9. The third-order valence-corrected chi connectivity index (χ3v) is 10.6. The van der Waals surface area contributed by atoms with Crippen LogP contribution >= 0.6 is 22.6 Å². The molecule has 0 aromatic heterocycles. The summed E-state index contributed by atoms with van der Waals surface area (Å²) in [6.07, 6.45) is 13.7. The zero-order valence-electron chi connectivity index (χ0n) is 25.2. The Balaban J connectivity index is 1.48. The Morgan fingerprint density at radius 3 is 2.46 bits per heavy atom. The van der Waals surface area contributed by atoms with Crippen LogP contribution in [0.1, 0.15) is 97.3 Å². The van der Waals surface area contributed by atoms with Crippen LogP contribution in [-0.4, -0.2) is 73.4 Å². The van der Waals surface area contributed by atoms with Gasteiger partial charge in [0.15, 0.2) is 12.6 Å². The van der Waals surface area contributed by atoms with Crippen molar-refractivity contribution in [3.05, 3.63) is 12.2 Å². The lowest BCUT2D eigenvalue weighted by atomic mass is 9.86. The number of alkyl halides is 2. The highest BCUT2D eigenvalue weighted by molar-refractivity contribution is 14.1. The minimum Gasteiger partial charge on any atom is -0.469 e. The minimum atomic E-state index is -1.10. The molecule has 0 aromatic carbocycles. The topological polar surface area (TPSA) is 72.5 Å². The van der Waals surface area contributed by atoms with Gasteiger partial charge in [-0.25, -0.2) is 4.39 Å². The van der Waals surface area contributed by atoms with Crippen molar-refractivity contribution >= 4 is 28.6 Å². The molecule has 0 N–H and O–H groups in total. The second-order valence-electron chi connectivity index (χ2n) is 12.3. The molecule has 3 heterocycles. The average Bonchev–Trinajstić information content (AvgIpc) is 3.49. The van der Waals surface area contributed by atoms with Crippen LogP contribution < -0.4 is 0 Å². The van der Waals surface area contributed by atoms with Gasteiger partial charge in [-0.2, -0.15) is 0 Å². The molecular weight excluding hydrogens is 642 g/mol. The Bertz CT molecular complexity index is 803. The number of ether oxygens (including phenoxy) is 6. The van der Waals surface area contributed by atoms with Crippen LogP contribution in [0.5, 0.6) is 0 Å². The van der Waals surface area contributed by atoms with Gasteiger partial charge in [-0.1, -0.05) is 61.4 Å². The van der Waals surface area contributed by atoms with E-state index in [9.17, 15) is 4.79 Å². The van der Waals surface area contributed by atoms with Crippen molar-refractivity contribution in [3.8, 4) is 0 Å². The van der Waals surface area contributed by atoms with E-state index < -0.39 is 12.3 Å². The Labute approximate surface area is 260 Å². The Morgan fingerprint density at radius 2 is 1.80 bits per heavy atom. The number of hydrogen-bond donors (Lipinski definition) is 0. The molecule has 0 spiro atoms. The van der Waals surface area contributed by atoms with Gasteiger partial charge in [0, 0.05) is 41.8 Å². The third kappa shape index (κ3) is 9.58. The molecule has 4 unspecified atom stereocenters. The second-order valence-corrected chi connectivity index (χ2v) is 13.9. The Hall–Kier alpha value is -0.330. The van der Waals surface area contributed by atoms with Gasteiger partial charge in [-0.15, -0.1) is 0 Å². The lowest BCUT2D eigenvalue weighted by Gasteiger charge is -2.32. The summed E-state index contributed by atoms with van der Waals surface area (Å²) in [7, 11) is 1.40. The van der Waals surface area contributed by atoms with Crippen molar-refractivity contribution in [2.75, 3.05) is 20.3 Å². The zero-order chi connectivity index (χ0) is 29.2. The van der Waals surface area contributed by atoms with Crippen LogP contribution in [0, 0.1) is 17.8 Å². The summed E-state index contributed by atoms with van der Waals surface area (Å²) in [6, 6.07) is 0. The predicted molar refractivity (Wildman–Crippen MR) is 164 cm³/mol. The number of hydrogen-bond acceptors (Lipinski definition) is 7. The third-order valence-electron chi connectivity index (χ3n) is 9.23. The molecule has 9 heteroatoms. The SMILES string of the molecule is CCCCC(C)[C@H](C=C[C@@H]1[C@H]2[C@H](F)[C@H](C(I)CCCC(=O)OC)O[C@@H]2C[C@H]1OC1CCCCO1)OC1CCCCO1. The number of unbranched alkanes of at least 4 members (excludes halogenated alkanes) is 1. The van der Waals surface area contributed by atoms with E-state index in [1.54, 1.807) is 0 Å². The largest absolute Gasteiger partial charge is 0.469 e. The van der Waals surface area contributed by atoms with Gasteiger partial charge in [0.05, 0.1) is 25.4 Å². The standard InChI is InChI=1S/C32H52FIO7/c1-4-5-11-21(2)24(39-28-14-6-8-18-37-28)17-16-22-25(40-29-15-7-9-19-38-29)20-26-30(22)31(33)32(41-26)23(34)12-10-13-27(35)36-3/h16-17,21-26,28-32H,4-15,18-20H2,1-3H3/t21?,22-,23?,24-,25+,26+,28?,29?,30+,31-,32-/m0/s1. The number of halogens is 2.